The zero-order chi connectivity index (χ0) is 15.2. The van der Waals surface area contributed by atoms with Gasteiger partial charge in [-0.05, 0) is 25.2 Å². The highest BCUT2D eigenvalue weighted by Gasteiger charge is 2.18. The second kappa shape index (κ2) is 7.22. The van der Waals surface area contributed by atoms with Gasteiger partial charge in [0.15, 0.2) is 5.76 Å². The van der Waals surface area contributed by atoms with Crippen LogP contribution in [0.25, 0.3) is 11.3 Å². The third kappa shape index (κ3) is 3.54. The lowest BCUT2D eigenvalue weighted by Crippen LogP contribution is -2.25. The molecule has 1 aromatic carbocycles. The summed E-state index contributed by atoms with van der Waals surface area (Å²) < 4.78 is 10.6. The zero-order valence-corrected chi connectivity index (χ0v) is 12.5. The monoisotopic (exact) mass is 300 g/mol. The van der Waals surface area contributed by atoms with Crippen LogP contribution >= 0.6 is 0 Å². The SMILES string of the molecule is O=C(NCCC[C@@H]1CCOC1)c1cnoc1-c1ccccc1. The van der Waals surface area contributed by atoms with Crippen LogP contribution in [0, 0.1) is 5.92 Å². The van der Waals surface area contributed by atoms with Crippen molar-refractivity contribution in [2.75, 3.05) is 19.8 Å². The van der Waals surface area contributed by atoms with Crippen LogP contribution < -0.4 is 5.32 Å². The summed E-state index contributed by atoms with van der Waals surface area (Å²) in [4.78, 5) is 12.3. The van der Waals surface area contributed by atoms with E-state index in [1.54, 1.807) is 0 Å². The van der Waals surface area contributed by atoms with Gasteiger partial charge in [-0.2, -0.15) is 0 Å². The van der Waals surface area contributed by atoms with E-state index in [1.807, 2.05) is 30.3 Å². The Morgan fingerprint density at radius 1 is 1.32 bits per heavy atom. The molecule has 1 aromatic heterocycles. The third-order valence-corrected chi connectivity index (χ3v) is 3.95. The molecule has 1 N–H and O–H groups in total. The van der Waals surface area contributed by atoms with E-state index < -0.39 is 0 Å². The van der Waals surface area contributed by atoms with Crippen molar-refractivity contribution in [1.82, 2.24) is 10.5 Å². The van der Waals surface area contributed by atoms with E-state index in [4.69, 9.17) is 9.26 Å². The summed E-state index contributed by atoms with van der Waals surface area (Å²) >= 11 is 0. The fraction of sp³-hybridized carbons (Fsp3) is 0.412. The molecule has 1 atom stereocenters. The number of aromatic nitrogens is 1. The largest absolute Gasteiger partial charge is 0.381 e. The quantitative estimate of drug-likeness (QED) is 0.833. The fourth-order valence-electron chi connectivity index (χ4n) is 2.70. The van der Waals surface area contributed by atoms with Gasteiger partial charge in [-0.1, -0.05) is 35.5 Å². The molecule has 0 saturated carbocycles. The van der Waals surface area contributed by atoms with E-state index in [9.17, 15) is 4.79 Å². The Kier molecular flexibility index (Phi) is 4.85. The minimum absolute atomic E-state index is 0.136. The number of nitrogens with zero attached hydrogens (tertiary/aromatic N) is 1. The van der Waals surface area contributed by atoms with Crippen molar-refractivity contribution in [3.63, 3.8) is 0 Å². The normalized spacial score (nSPS) is 17.5. The number of ether oxygens (including phenoxy) is 1. The molecule has 116 valence electrons. The van der Waals surface area contributed by atoms with Crippen LogP contribution in [0.3, 0.4) is 0 Å². The molecular formula is C17H20N2O3. The van der Waals surface area contributed by atoms with Crippen LogP contribution in [0.15, 0.2) is 41.1 Å². The predicted octanol–water partition coefficient (Wildman–Crippen LogP) is 2.89. The zero-order valence-electron chi connectivity index (χ0n) is 12.5. The van der Waals surface area contributed by atoms with Crippen molar-refractivity contribution in [2.24, 2.45) is 5.92 Å². The van der Waals surface area contributed by atoms with Gasteiger partial charge in [-0.3, -0.25) is 4.79 Å². The molecule has 0 bridgehead atoms. The van der Waals surface area contributed by atoms with Crippen molar-refractivity contribution in [2.45, 2.75) is 19.3 Å². The van der Waals surface area contributed by atoms with Gasteiger partial charge in [0.25, 0.3) is 5.91 Å². The summed E-state index contributed by atoms with van der Waals surface area (Å²) in [7, 11) is 0. The van der Waals surface area contributed by atoms with Gasteiger partial charge in [0, 0.05) is 25.3 Å². The van der Waals surface area contributed by atoms with Crippen molar-refractivity contribution in [1.29, 1.82) is 0 Å². The van der Waals surface area contributed by atoms with Crippen molar-refractivity contribution >= 4 is 5.91 Å². The Morgan fingerprint density at radius 3 is 2.95 bits per heavy atom. The van der Waals surface area contributed by atoms with Crippen LogP contribution in [0.1, 0.15) is 29.6 Å². The molecule has 1 saturated heterocycles. The standard InChI is InChI=1S/C17H20N2O3/c20-17(18-9-4-5-13-8-10-21-12-13)15-11-19-22-16(15)14-6-2-1-3-7-14/h1-3,6-7,11,13H,4-5,8-10,12H2,(H,18,20)/t13-/m1/s1. The molecule has 2 aromatic rings. The molecule has 1 amide bonds. The van der Waals surface area contributed by atoms with E-state index in [0.29, 0.717) is 23.8 Å². The summed E-state index contributed by atoms with van der Waals surface area (Å²) in [6, 6.07) is 9.54. The van der Waals surface area contributed by atoms with Gasteiger partial charge in [0.1, 0.15) is 5.56 Å². The fourth-order valence-corrected chi connectivity index (χ4v) is 2.70. The van der Waals surface area contributed by atoms with E-state index in [1.165, 1.54) is 6.20 Å². The van der Waals surface area contributed by atoms with Crippen LogP contribution in [-0.4, -0.2) is 30.8 Å². The van der Waals surface area contributed by atoms with Crippen LogP contribution in [0.5, 0.6) is 0 Å². The van der Waals surface area contributed by atoms with Crippen LogP contribution in [-0.2, 0) is 4.74 Å². The summed E-state index contributed by atoms with van der Waals surface area (Å²) in [5, 5.41) is 6.70. The first-order valence-electron chi connectivity index (χ1n) is 7.70. The first-order chi connectivity index (χ1) is 10.8. The number of hydrogen-bond donors (Lipinski definition) is 1. The van der Waals surface area contributed by atoms with Crippen LogP contribution in [0.2, 0.25) is 0 Å². The molecule has 0 radical (unpaired) electrons. The minimum Gasteiger partial charge on any atom is -0.381 e. The predicted molar refractivity (Wildman–Crippen MR) is 82.4 cm³/mol. The lowest BCUT2D eigenvalue weighted by Gasteiger charge is -2.08. The van der Waals surface area contributed by atoms with E-state index in [0.717, 1.165) is 38.0 Å². The number of nitrogens with one attached hydrogen (secondary N) is 1. The van der Waals surface area contributed by atoms with E-state index in [2.05, 4.69) is 10.5 Å². The average Bonchev–Trinajstić information content (AvgIpc) is 3.23. The Balaban J connectivity index is 1.53. The lowest BCUT2D eigenvalue weighted by molar-refractivity contribution is 0.0952. The lowest BCUT2D eigenvalue weighted by atomic mass is 10.0. The molecule has 1 fully saturated rings. The molecule has 1 aliphatic rings. The molecule has 2 heterocycles. The molecule has 3 rings (SSSR count). The number of hydrogen-bond acceptors (Lipinski definition) is 4. The molecule has 22 heavy (non-hydrogen) atoms. The third-order valence-electron chi connectivity index (χ3n) is 3.95. The van der Waals surface area contributed by atoms with Crippen molar-refractivity contribution in [3.05, 3.63) is 42.1 Å². The highest BCUT2D eigenvalue weighted by Crippen LogP contribution is 2.23. The number of carbonyl (C=O) groups excluding carboxylic acids is 1. The van der Waals surface area contributed by atoms with Gasteiger partial charge in [-0.15, -0.1) is 0 Å². The Hall–Kier alpha value is -2.14. The van der Waals surface area contributed by atoms with Gasteiger partial charge in [0.2, 0.25) is 0 Å². The second-order valence-corrected chi connectivity index (χ2v) is 5.56. The van der Waals surface area contributed by atoms with Gasteiger partial charge < -0.3 is 14.6 Å². The summed E-state index contributed by atoms with van der Waals surface area (Å²) in [5.41, 5.74) is 1.34. The Labute approximate surface area is 129 Å². The molecule has 0 unspecified atom stereocenters. The summed E-state index contributed by atoms with van der Waals surface area (Å²) in [6.07, 6.45) is 4.67. The molecule has 0 aliphatic carbocycles. The van der Waals surface area contributed by atoms with Gasteiger partial charge in [-0.25, -0.2) is 0 Å². The topological polar surface area (TPSA) is 64.4 Å². The first-order valence-corrected chi connectivity index (χ1v) is 7.70. The second-order valence-electron chi connectivity index (χ2n) is 5.56. The summed E-state index contributed by atoms with van der Waals surface area (Å²) in [5.74, 6) is 1.03. The summed E-state index contributed by atoms with van der Waals surface area (Å²) in [6.45, 7) is 2.39. The van der Waals surface area contributed by atoms with E-state index >= 15 is 0 Å². The number of carbonyl (C=O) groups is 1. The average molecular weight is 300 g/mol. The highest BCUT2D eigenvalue weighted by molar-refractivity contribution is 5.99. The van der Waals surface area contributed by atoms with Crippen molar-refractivity contribution in [3.8, 4) is 11.3 Å². The minimum atomic E-state index is -0.136. The number of benzene rings is 1. The maximum atomic E-state index is 12.3. The van der Waals surface area contributed by atoms with Gasteiger partial charge >= 0.3 is 0 Å². The molecule has 1 aliphatic heterocycles. The Bertz CT molecular complexity index is 603. The number of rotatable bonds is 6. The number of amides is 1. The maximum absolute atomic E-state index is 12.3. The highest BCUT2D eigenvalue weighted by atomic mass is 16.5. The maximum Gasteiger partial charge on any atom is 0.256 e. The molecule has 5 nitrogen and oxygen atoms in total. The van der Waals surface area contributed by atoms with Gasteiger partial charge in [0.05, 0.1) is 6.20 Å². The smallest absolute Gasteiger partial charge is 0.256 e. The molecule has 0 spiro atoms. The van der Waals surface area contributed by atoms with E-state index in [-0.39, 0.29) is 5.91 Å². The van der Waals surface area contributed by atoms with Crippen molar-refractivity contribution < 1.29 is 14.1 Å². The van der Waals surface area contributed by atoms with Crippen LogP contribution in [0.4, 0.5) is 0 Å². The molecular weight excluding hydrogens is 280 g/mol. The molecule has 5 heteroatoms. The first kappa shape index (κ1) is 14.8. The Morgan fingerprint density at radius 2 is 2.18 bits per heavy atom.